The average Bonchev–Trinajstić information content (AvgIpc) is 2.81. The van der Waals surface area contributed by atoms with Crippen molar-refractivity contribution in [2.24, 2.45) is 5.92 Å². The zero-order valence-electron chi connectivity index (χ0n) is 13.2. The van der Waals surface area contributed by atoms with Crippen LogP contribution in [0.4, 0.5) is 0 Å². The number of Topliss-reactive ketones (excluding diaryl/α,β-unsaturated/α-hetero) is 1. The van der Waals surface area contributed by atoms with Crippen molar-refractivity contribution in [3.63, 3.8) is 0 Å². The summed E-state index contributed by atoms with van der Waals surface area (Å²) < 4.78 is 5.30. The van der Waals surface area contributed by atoms with Gasteiger partial charge in [-0.05, 0) is 46.1 Å². The van der Waals surface area contributed by atoms with Gasteiger partial charge in [-0.1, -0.05) is 18.0 Å². The predicted octanol–water partition coefficient (Wildman–Crippen LogP) is 3.41. The van der Waals surface area contributed by atoms with E-state index >= 15 is 0 Å². The van der Waals surface area contributed by atoms with Gasteiger partial charge in [0, 0.05) is 30.5 Å². The summed E-state index contributed by atoms with van der Waals surface area (Å²) in [6.07, 6.45) is 7.84. The Balaban J connectivity index is 1.76. The van der Waals surface area contributed by atoms with Crippen LogP contribution in [0.5, 0.6) is 0 Å². The third-order valence-electron chi connectivity index (χ3n) is 5.27. The Labute approximate surface area is 126 Å². The van der Waals surface area contributed by atoms with Crippen molar-refractivity contribution in [1.82, 2.24) is 10.1 Å². The van der Waals surface area contributed by atoms with Crippen molar-refractivity contribution < 1.29 is 9.32 Å². The summed E-state index contributed by atoms with van der Waals surface area (Å²) in [4.78, 5) is 14.8. The van der Waals surface area contributed by atoms with Crippen LogP contribution in [0, 0.1) is 19.8 Å². The molecular formula is C17H26N2O2. The van der Waals surface area contributed by atoms with Crippen molar-refractivity contribution in [3.05, 3.63) is 17.0 Å². The Hall–Kier alpha value is -1.16. The van der Waals surface area contributed by atoms with Gasteiger partial charge in [0.15, 0.2) is 0 Å². The molecule has 116 valence electrons. The molecule has 1 aromatic heterocycles. The first-order chi connectivity index (χ1) is 10.2. The molecule has 2 fully saturated rings. The molecule has 2 unspecified atom stereocenters. The molecule has 1 aliphatic carbocycles. The number of hydrogen-bond acceptors (Lipinski definition) is 4. The highest BCUT2D eigenvalue weighted by molar-refractivity contribution is 5.82. The van der Waals surface area contributed by atoms with E-state index in [2.05, 4.69) is 10.1 Å². The lowest BCUT2D eigenvalue weighted by Crippen LogP contribution is -2.47. The summed E-state index contributed by atoms with van der Waals surface area (Å²) in [7, 11) is 0. The van der Waals surface area contributed by atoms with Gasteiger partial charge in [-0.15, -0.1) is 0 Å². The molecule has 1 aromatic rings. The van der Waals surface area contributed by atoms with Gasteiger partial charge in [0.25, 0.3) is 0 Å². The highest BCUT2D eigenvalue weighted by Crippen LogP contribution is 2.33. The lowest BCUT2D eigenvalue weighted by molar-refractivity contribution is -0.127. The van der Waals surface area contributed by atoms with Crippen LogP contribution in [-0.2, 0) is 11.3 Å². The monoisotopic (exact) mass is 290 g/mol. The molecule has 2 heterocycles. The quantitative estimate of drug-likeness (QED) is 0.856. The van der Waals surface area contributed by atoms with Crippen molar-refractivity contribution in [3.8, 4) is 0 Å². The Morgan fingerprint density at radius 3 is 2.71 bits per heavy atom. The average molecular weight is 290 g/mol. The molecule has 0 N–H and O–H groups in total. The van der Waals surface area contributed by atoms with E-state index in [1.165, 1.54) is 31.2 Å². The molecule has 0 spiro atoms. The summed E-state index contributed by atoms with van der Waals surface area (Å²) in [5.41, 5.74) is 2.21. The molecule has 1 saturated heterocycles. The number of piperidine rings is 1. The zero-order valence-corrected chi connectivity index (χ0v) is 13.2. The number of nitrogens with zero attached hydrogens (tertiary/aromatic N) is 2. The second-order valence-electron chi connectivity index (χ2n) is 6.65. The van der Waals surface area contributed by atoms with E-state index < -0.39 is 0 Å². The molecule has 4 heteroatoms. The molecule has 1 aliphatic heterocycles. The number of carbonyl (C=O) groups excluding carboxylic acids is 1. The fraction of sp³-hybridized carbons (Fsp3) is 0.765. The number of carbonyl (C=O) groups is 1. The van der Waals surface area contributed by atoms with Crippen molar-refractivity contribution >= 4 is 5.78 Å². The SMILES string of the molecule is Cc1noc(C)c1CN1CCCCC1C1CCCCC1=O. The summed E-state index contributed by atoms with van der Waals surface area (Å²) in [5, 5.41) is 4.07. The molecule has 0 radical (unpaired) electrons. The van der Waals surface area contributed by atoms with Crippen LogP contribution in [0.15, 0.2) is 4.52 Å². The lowest BCUT2D eigenvalue weighted by Gasteiger charge is -2.41. The van der Waals surface area contributed by atoms with Gasteiger partial charge in [-0.2, -0.15) is 0 Å². The lowest BCUT2D eigenvalue weighted by atomic mass is 9.79. The van der Waals surface area contributed by atoms with E-state index in [4.69, 9.17) is 4.52 Å². The third kappa shape index (κ3) is 3.05. The van der Waals surface area contributed by atoms with E-state index in [0.29, 0.717) is 11.8 Å². The van der Waals surface area contributed by atoms with Crippen LogP contribution in [0.25, 0.3) is 0 Å². The van der Waals surface area contributed by atoms with Gasteiger partial charge < -0.3 is 4.52 Å². The Morgan fingerprint density at radius 1 is 1.19 bits per heavy atom. The second-order valence-corrected chi connectivity index (χ2v) is 6.65. The molecule has 0 amide bonds. The first-order valence-electron chi connectivity index (χ1n) is 8.35. The zero-order chi connectivity index (χ0) is 14.8. The van der Waals surface area contributed by atoms with E-state index in [-0.39, 0.29) is 5.92 Å². The van der Waals surface area contributed by atoms with Crippen LogP contribution in [0.3, 0.4) is 0 Å². The van der Waals surface area contributed by atoms with Gasteiger partial charge in [0.1, 0.15) is 11.5 Å². The number of aromatic nitrogens is 1. The minimum atomic E-state index is 0.263. The van der Waals surface area contributed by atoms with Crippen LogP contribution in [0.1, 0.15) is 62.0 Å². The summed E-state index contributed by atoms with van der Waals surface area (Å²) in [6, 6.07) is 0.431. The molecule has 2 atom stereocenters. The Kier molecular flexibility index (Phi) is 4.43. The standard InChI is InChI=1S/C17H26N2O2/c1-12-15(13(2)21-18-12)11-19-10-6-5-8-16(19)14-7-3-4-9-17(14)20/h14,16H,3-11H2,1-2H3. The fourth-order valence-electron chi connectivity index (χ4n) is 4.02. The van der Waals surface area contributed by atoms with Gasteiger partial charge >= 0.3 is 0 Å². The summed E-state index contributed by atoms with van der Waals surface area (Å²) in [6.45, 7) is 5.98. The van der Waals surface area contributed by atoms with E-state index in [9.17, 15) is 4.79 Å². The number of aryl methyl sites for hydroxylation is 2. The normalized spacial score (nSPS) is 28.0. The molecule has 2 aliphatic rings. The van der Waals surface area contributed by atoms with E-state index in [1.54, 1.807) is 0 Å². The van der Waals surface area contributed by atoms with Gasteiger partial charge in [-0.3, -0.25) is 9.69 Å². The number of ketones is 1. The number of likely N-dealkylation sites (tertiary alicyclic amines) is 1. The summed E-state index contributed by atoms with van der Waals surface area (Å²) >= 11 is 0. The molecular weight excluding hydrogens is 264 g/mol. The minimum Gasteiger partial charge on any atom is -0.361 e. The van der Waals surface area contributed by atoms with Crippen LogP contribution >= 0.6 is 0 Å². The predicted molar refractivity (Wildman–Crippen MR) is 81.0 cm³/mol. The topological polar surface area (TPSA) is 46.3 Å². The van der Waals surface area contributed by atoms with Gasteiger partial charge in [0.05, 0.1) is 5.69 Å². The van der Waals surface area contributed by atoms with Crippen LogP contribution in [0.2, 0.25) is 0 Å². The Morgan fingerprint density at radius 2 is 2.00 bits per heavy atom. The molecule has 0 aromatic carbocycles. The van der Waals surface area contributed by atoms with Crippen LogP contribution in [-0.4, -0.2) is 28.4 Å². The molecule has 21 heavy (non-hydrogen) atoms. The maximum absolute atomic E-state index is 12.3. The third-order valence-corrected chi connectivity index (χ3v) is 5.27. The highest BCUT2D eigenvalue weighted by atomic mass is 16.5. The minimum absolute atomic E-state index is 0.263. The smallest absolute Gasteiger partial charge is 0.138 e. The first-order valence-corrected chi connectivity index (χ1v) is 8.35. The van der Waals surface area contributed by atoms with Crippen LogP contribution < -0.4 is 0 Å². The number of rotatable bonds is 3. The van der Waals surface area contributed by atoms with E-state index in [1.807, 2.05) is 13.8 Å². The first kappa shape index (κ1) is 14.8. The number of hydrogen-bond donors (Lipinski definition) is 0. The van der Waals surface area contributed by atoms with Crippen molar-refractivity contribution in [1.29, 1.82) is 0 Å². The molecule has 1 saturated carbocycles. The van der Waals surface area contributed by atoms with Gasteiger partial charge in [0.2, 0.25) is 0 Å². The van der Waals surface area contributed by atoms with Crippen molar-refractivity contribution in [2.45, 2.75) is 71.4 Å². The maximum Gasteiger partial charge on any atom is 0.138 e. The Bertz CT molecular complexity index is 489. The molecule has 4 nitrogen and oxygen atoms in total. The van der Waals surface area contributed by atoms with E-state index in [0.717, 1.165) is 43.8 Å². The molecule has 3 rings (SSSR count). The maximum atomic E-state index is 12.3. The van der Waals surface area contributed by atoms with Gasteiger partial charge in [-0.25, -0.2) is 0 Å². The van der Waals surface area contributed by atoms with Crippen molar-refractivity contribution in [2.75, 3.05) is 6.54 Å². The second kappa shape index (κ2) is 6.30. The highest BCUT2D eigenvalue weighted by Gasteiger charge is 2.35. The summed E-state index contributed by atoms with van der Waals surface area (Å²) in [5.74, 6) is 1.68. The molecule has 0 bridgehead atoms. The largest absolute Gasteiger partial charge is 0.361 e. The fourth-order valence-corrected chi connectivity index (χ4v) is 4.02.